The average molecular weight is 583 g/mol. The molecule has 11 heteroatoms. The standard InChI is InChI=1S/C28H27ClN4O4S2/c1-5-13-33-25(18(3)37-20-11-12-22(29)17(2)14-20)31-32-28(33)39-16-23(34)30-26-24(27(35)36-4)21(15-38-26)19-9-7-6-8-10-19/h5-12,14-15,18H,1,13,16H2,2-4H3,(H,30,34). The van der Waals surface area contributed by atoms with Crippen molar-refractivity contribution in [3.63, 3.8) is 0 Å². The lowest BCUT2D eigenvalue weighted by Gasteiger charge is -2.16. The highest BCUT2D eigenvalue weighted by Crippen LogP contribution is 2.36. The number of anilines is 1. The predicted molar refractivity (Wildman–Crippen MR) is 156 cm³/mol. The van der Waals surface area contributed by atoms with Gasteiger partial charge in [-0.1, -0.05) is 59.8 Å². The predicted octanol–water partition coefficient (Wildman–Crippen LogP) is 6.81. The van der Waals surface area contributed by atoms with Crippen LogP contribution in [0.2, 0.25) is 5.02 Å². The Morgan fingerprint density at radius 3 is 2.69 bits per heavy atom. The Bertz CT molecular complexity index is 1490. The van der Waals surface area contributed by atoms with Gasteiger partial charge in [-0.2, -0.15) is 0 Å². The monoisotopic (exact) mass is 582 g/mol. The average Bonchev–Trinajstić information content (AvgIpc) is 3.54. The molecule has 4 rings (SSSR count). The van der Waals surface area contributed by atoms with E-state index >= 15 is 0 Å². The molecule has 1 unspecified atom stereocenters. The molecule has 2 heterocycles. The lowest BCUT2D eigenvalue weighted by atomic mass is 10.0. The SMILES string of the molecule is C=CCn1c(SCC(=O)Nc2scc(-c3ccccc3)c2C(=O)OC)nnc1C(C)Oc1ccc(Cl)c(C)c1. The summed E-state index contributed by atoms with van der Waals surface area (Å²) in [6, 6.07) is 14.9. The number of esters is 1. The van der Waals surface area contributed by atoms with Crippen molar-refractivity contribution in [2.45, 2.75) is 31.7 Å². The first-order chi connectivity index (χ1) is 18.8. The summed E-state index contributed by atoms with van der Waals surface area (Å²) < 4.78 is 12.9. The van der Waals surface area contributed by atoms with Gasteiger partial charge in [-0.15, -0.1) is 28.1 Å². The fourth-order valence-corrected chi connectivity index (χ4v) is 5.68. The smallest absolute Gasteiger partial charge is 0.341 e. The highest BCUT2D eigenvalue weighted by atomic mass is 35.5. The van der Waals surface area contributed by atoms with E-state index in [1.807, 2.05) is 60.2 Å². The van der Waals surface area contributed by atoms with Crippen molar-refractivity contribution in [2.75, 3.05) is 18.2 Å². The van der Waals surface area contributed by atoms with Crippen LogP contribution in [-0.2, 0) is 16.1 Å². The number of amides is 1. The molecule has 8 nitrogen and oxygen atoms in total. The van der Waals surface area contributed by atoms with Crippen LogP contribution in [0.3, 0.4) is 0 Å². The Kier molecular flexibility index (Phi) is 9.45. The van der Waals surface area contributed by atoms with Gasteiger partial charge in [-0.25, -0.2) is 4.79 Å². The van der Waals surface area contributed by atoms with Crippen molar-refractivity contribution in [1.29, 1.82) is 0 Å². The summed E-state index contributed by atoms with van der Waals surface area (Å²) in [5.74, 6) is 0.517. The quantitative estimate of drug-likeness (QED) is 0.118. The summed E-state index contributed by atoms with van der Waals surface area (Å²) in [6.45, 7) is 8.06. The van der Waals surface area contributed by atoms with E-state index < -0.39 is 12.1 Å². The summed E-state index contributed by atoms with van der Waals surface area (Å²) in [6.07, 6.45) is 1.32. The first-order valence-corrected chi connectivity index (χ1v) is 14.2. The number of carbonyl (C=O) groups excluding carboxylic acids is 2. The molecular weight excluding hydrogens is 556 g/mol. The number of hydrogen-bond acceptors (Lipinski definition) is 8. The molecule has 4 aromatic rings. The van der Waals surface area contributed by atoms with E-state index in [0.29, 0.717) is 44.4 Å². The van der Waals surface area contributed by atoms with Crippen LogP contribution in [0.25, 0.3) is 11.1 Å². The molecule has 1 atom stereocenters. The summed E-state index contributed by atoms with van der Waals surface area (Å²) in [5.41, 5.74) is 2.80. The molecular formula is C28H27ClN4O4S2. The van der Waals surface area contributed by atoms with Crippen molar-refractivity contribution < 1.29 is 19.1 Å². The second kappa shape index (κ2) is 13.0. The van der Waals surface area contributed by atoms with Crippen molar-refractivity contribution in [1.82, 2.24) is 14.8 Å². The second-order valence-corrected chi connectivity index (χ2v) is 10.7. The zero-order valence-corrected chi connectivity index (χ0v) is 24.0. The Morgan fingerprint density at radius 2 is 2.00 bits per heavy atom. The van der Waals surface area contributed by atoms with E-state index in [-0.39, 0.29) is 11.7 Å². The van der Waals surface area contributed by atoms with Crippen LogP contribution in [0.4, 0.5) is 5.00 Å². The lowest BCUT2D eigenvalue weighted by molar-refractivity contribution is -0.113. The number of nitrogens with zero attached hydrogens (tertiary/aromatic N) is 3. The molecule has 0 radical (unpaired) electrons. The van der Waals surface area contributed by atoms with Crippen molar-refractivity contribution in [2.24, 2.45) is 0 Å². The number of aromatic nitrogens is 3. The third kappa shape index (κ3) is 6.70. The number of carbonyl (C=O) groups is 2. The maximum Gasteiger partial charge on any atom is 0.341 e. The molecule has 0 aliphatic heterocycles. The number of methoxy groups -OCH3 is 1. The number of nitrogens with one attached hydrogen (secondary N) is 1. The van der Waals surface area contributed by atoms with Gasteiger partial charge < -0.3 is 14.8 Å². The Balaban J connectivity index is 1.47. The van der Waals surface area contributed by atoms with Crippen LogP contribution in [0.15, 0.2) is 71.7 Å². The molecule has 202 valence electrons. The van der Waals surface area contributed by atoms with Crippen molar-refractivity contribution in [3.05, 3.63) is 88.5 Å². The van der Waals surface area contributed by atoms with Gasteiger partial charge in [0.1, 0.15) is 16.3 Å². The highest BCUT2D eigenvalue weighted by Gasteiger charge is 2.23. The number of ether oxygens (including phenoxy) is 2. The third-order valence-electron chi connectivity index (χ3n) is 5.71. The molecule has 0 saturated heterocycles. The van der Waals surface area contributed by atoms with Crippen LogP contribution in [-0.4, -0.2) is 39.5 Å². The van der Waals surface area contributed by atoms with Crippen LogP contribution in [0.5, 0.6) is 5.75 Å². The fourth-order valence-electron chi connectivity index (χ4n) is 3.83. The molecule has 39 heavy (non-hydrogen) atoms. The molecule has 0 spiro atoms. The fraction of sp³-hybridized carbons (Fsp3) is 0.214. The second-order valence-electron chi connectivity index (χ2n) is 8.46. The van der Waals surface area contributed by atoms with E-state index in [1.165, 1.54) is 30.2 Å². The molecule has 1 N–H and O–H groups in total. The van der Waals surface area contributed by atoms with E-state index in [1.54, 1.807) is 18.2 Å². The number of rotatable bonds is 11. The number of thioether (sulfide) groups is 1. The number of halogens is 1. The molecule has 1 amide bonds. The zero-order chi connectivity index (χ0) is 27.9. The van der Waals surface area contributed by atoms with Gasteiger partial charge in [-0.05, 0) is 43.2 Å². The minimum atomic E-state index is -0.515. The summed E-state index contributed by atoms with van der Waals surface area (Å²) in [4.78, 5) is 25.5. The van der Waals surface area contributed by atoms with Crippen LogP contribution in [0.1, 0.15) is 34.8 Å². The topological polar surface area (TPSA) is 95.3 Å². The van der Waals surface area contributed by atoms with Gasteiger partial charge in [0.05, 0.1) is 12.9 Å². The largest absolute Gasteiger partial charge is 0.483 e. The van der Waals surface area contributed by atoms with Gasteiger partial charge >= 0.3 is 5.97 Å². The minimum Gasteiger partial charge on any atom is -0.483 e. The number of thiophene rings is 1. The highest BCUT2D eigenvalue weighted by molar-refractivity contribution is 7.99. The number of aryl methyl sites for hydroxylation is 1. The number of benzene rings is 2. The van der Waals surface area contributed by atoms with Gasteiger partial charge in [-0.3, -0.25) is 9.36 Å². The normalized spacial score (nSPS) is 11.6. The van der Waals surface area contributed by atoms with Gasteiger partial charge in [0.2, 0.25) is 5.91 Å². The Labute approximate surface area is 240 Å². The van der Waals surface area contributed by atoms with E-state index in [0.717, 1.165) is 11.1 Å². The van der Waals surface area contributed by atoms with Gasteiger partial charge in [0.25, 0.3) is 0 Å². The first kappa shape index (κ1) is 28.4. The number of allylic oxidation sites excluding steroid dienone is 1. The zero-order valence-electron chi connectivity index (χ0n) is 21.6. The van der Waals surface area contributed by atoms with E-state index in [9.17, 15) is 9.59 Å². The molecule has 0 saturated carbocycles. The molecule has 2 aromatic carbocycles. The van der Waals surface area contributed by atoms with Crippen molar-refractivity contribution >= 4 is 51.6 Å². The molecule has 0 aliphatic carbocycles. The number of hydrogen-bond donors (Lipinski definition) is 1. The lowest BCUT2D eigenvalue weighted by Crippen LogP contribution is -2.17. The van der Waals surface area contributed by atoms with Crippen LogP contribution >= 0.6 is 34.7 Å². The maximum atomic E-state index is 12.9. The molecule has 0 fully saturated rings. The van der Waals surface area contributed by atoms with Crippen molar-refractivity contribution in [3.8, 4) is 16.9 Å². The van der Waals surface area contributed by atoms with Gasteiger partial charge in [0, 0.05) is 22.5 Å². The minimum absolute atomic E-state index is 0.0556. The van der Waals surface area contributed by atoms with E-state index in [2.05, 4.69) is 22.1 Å². The Hall–Kier alpha value is -3.60. The van der Waals surface area contributed by atoms with Crippen LogP contribution < -0.4 is 10.1 Å². The summed E-state index contributed by atoms with van der Waals surface area (Å²) >= 11 is 8.63. The maximum absolute atomic E-state index is 12.9. The molecule has 2 aromatic heterocycles. The summed E-state index contributed by atoms with van der Waals surface area (Å²) in [5, 5.41) is 14.9. The summed E-state index contributed by atoms with van der Waals surface area (Å²) in [7, 11) is 1.32. The van der Waals surface area contributed by atoms with Gasteiger partial charge in [0.15, 0.2) is 17.1 Å². The van der Waals surface area contributed by atoms with Crippen LogP contribution in [0, 0.1) is 6.92 Å². The molecule has 0 aliphatic rings. The molecule has 0 bridgehead atoms. The third-order valence-corrected chi connectivity index (χ3v) is 8.00. The first-order valence-electron chi connectivity index (χ1n) is 12.0. The Morgan fingerprint density at radius 1 is 1.23 bits per heavy atom. The van der Waals surface area contributed by atoms with E-state index in [4.69, 9.17) is 21.1 Å².